The highest BCUT2D eigenvalue weighted by Crippen LogP contribution is 2.31. The zero-order valence-electron chi connectivity index (χ0n) is 17.3. The van der Waals surface area contributed by atoms with Gasteiger partial charge in [0.1, 0.15) is 5.56 Å². The fraction of sp³-hybridized carbons (Fsp3) is 0.240. The third-order valence-corrected chi connectivity index (χ3v) is 5.74. The van der Waals surface area contributed by atoms with Crippen LogP contribution in [0.25, 0.3) is 0 Å². The van der Waals surface area contributed by atoms with Gasteiger partial charge in [0, 0.05) is 23.4 Å². The molecule has 0 saturated heterocycles. The molecule has 0 spiro atoms. The van der Waals surface area contributed by atoms with Crippen LogP contribution in [0, 0.1) is 20.8 Å². The summed E-state index contributed by atoms with van der Waals surface area (Å²) in [5.41, 5.74) is 5.24. The number of carbonyl (C=O) groups is 2. The van der Waals surface area contributed by atoms with Crippen LogP contribution in [0.3, 0.4) is 0 Å². The van der Waals surface area contributed by atoms with Crippen LogP contribution in [-0.2, 0) is 6.42 Å². The minimum Gasteiger partial charge on any atom is -0.325 e. The van der Waals surface area contributed by atoms with E-state index in [0.717, 1.165) is 22.3 Å². The van der Waals surface area contributed by atoms with Crippen LogP contribution in [0.2, 0.25) is 0 Å². The van der Waals surface area contributed by atoms with Gasteiger partial charge in [-0.2, -0.15) is 0 Å². The number of rotatable bonds is 3. The summed E-state index contributed by atoms with van der Waals surface area (Å²) in [6.07, 6.45) is 0.929. The third-order valence-electron chi connectivity index (χ3n) is 5.74. The second-order valence-corrected chi connectivity index (χ2v) is 8.07. The first-order valence-electron chi connectivity index (χ1n) is 10.1. The van der Waals surface area contributed by atoms with E-state index in [9.17, 15) is 14.4 Å². The summed E-state index contributed by atoms with van der Waals surface area (Å²) in [7, 11) is 0. The molecule has 5 nitrogen and oxygen atoms in total. The van der Waals surface area contributed by atoms with E-state index in [4.69, 9.17) is 0 Å². The van der Waals surface area contributed by atoms with E-state index >= 15 is 0 Å². The largest absolute Gasteiger partial charge is 0.325 e. The minimum absolute atomic E-state index is 0.0272. The van der Waals surface area contributed by atoms with Gasteiger partial charge in [-0.25, -0.2) is 0 Å². The number of amides is 1. The number of nitrogens with one attached hydrogen (secondary N) is 2. The summed E-state index contributed by atoms with van der Waals surface area (Å²) in [5, 5.41) is 2.85. The first-order chi connectivity index (χ1) is 14.3. The summed E-state index contributed by atoms with van der Waals surface area (Å²) in [4.78, 5) is 41.1. The molecule has 2 aromatic carbocycles. The molecule has 0 bridgehead atoms. The molecule has 152 valence electrons. The highest BCUT2D eigenvalue weighted by Gasteiger charge is 2.29. The number of hydrogen-bond donors (Lipinski definition) is 2. The van der Waals surface area contributed by atoms with Gasteiger partial charge in [-0.15, -0.1) is 0 Å². The number of aromatic amines is 1. The predicted molar refractivity (Wildman–Crippen MR) is 118 cm³/mol. The molecule has 0 fully saturated rings. The van der Waals surface area contributed by atoms with Gasteiger partial charge in [-0.1, -0.05) is 48.0 Å². The second kappa shape index (κ2) is 7.75. The fourth-order valence-corrected chi connectivity index (χ4v) is 4.32. The topological polar surface area (TPSA) is 79.0 Å². The Morgan fingerprint density at radius 3 is 2.30 bits per heavy atom. The van der Waals surface area contributed by atoms with Crippen LogP contribution in [0.15, 0.2) is 53.3 Å². The Kier molecular flexibility index (Phi) is 5.12. The molecule has 1 aliphatic rings. The molecule has 0 unspecified atom stereocenters. The normalized spacial score (nSPS) is 15.6. The number of hydrogen-bond acceptors (Lipinski definition) is 3. The Morgan fingerprint density at radius 1 is 0.967 bits per heavy atom. The summed E-state index contributed by atoms with van der Waals surface area (Å²) in [6.45, 7) is 5.83. The monoisotopic (exact) mass is 400 g/mol. The standard InChI is InChI=1S/C25H24N2O3/c1-14-9-15(2)23(16(3)10-14)27-25(30)20-13-19-21(26-24(20)29)11-18(12-22(19)28)17-7-5-4-6-8-17/h4-10,13,18H,11-12H2,1-3H3,(H,26,29)(H,27,30)/t18-/m1/s1. The van der Waals surface area contributed by atoms with Crippen molar-refractivity contribution < 1.29 is 9.59 Å². The van der Waals surface area contributed by atoms with Crippen LogP contribution in [0.5, 0.6) is 0 Å². The predicted octanol–water partition coefficient (Wildman–Crippen LogP) is 4.47. The van der Waals surface area contributed by atoms with Crippen molar-refractivity contribution in [2.45, 2.75) is 39.5 Å². The van der Waals surface area contributed by atoms with E-state index in [1.165, 1.54) is 6.07 Å². The van der Waals surface area contributed by atoms with Crippen molar-refractivity contribution in [3.05, 3.63) is 98.0 Å². The lowest BCUT2D eigenvalue weighted by Crippen LogP contribution is -2.29. The molecule has 0 radical (unpaired) electrons. The van der Waals surface area contributed by atoms with Crippen molar-refractivity contribution in [2.75, 3.05) is 5.32 Å². The highest BCUT2D eigenvalue weighted by atomic mass is 16.2. The van der Waals surface area contributed by atoms with E-state index in [2.05, 4.69) is 10.3 Å². The number of ketones is 1. The molecule has 1 aliphatic carbocycles. The lowest BCUT2D eigenvalue weighted by molar-refractivity contribution is 0.0963. The number of aryl methyl sites for hydroxylation is 3. The van der Waals surface area contributed by atoms with Gasteiger partial charge in [0.25, 0.3) is 11.5 Å². The zero-order chi connectivity index (χ0) is 21.4. The van der Waals surface area contributed by atoms with Crippen molar-refractivity contribution in [1.29, 1.82) is 0 Å². The molecule has 5 heteroatoms. The maximum absolute atomic E-state index is 12.9. The number of fused-ring (bicyclic) bond motifs is 1. The average molecular weight is 400 g/mol. The molecular weight excluding hydrogens is 376 g/mol. The van der Waals surface area contributed by atoms with E-state index in [0.29, 0.717) is 29.8 Å². The van der Waals surface area contributed by atoms with Crippen molar-refractivity contribution in [3.63, 3.8) is 0 Å². The van der Waals surface area contributed by atoms with Gasteiger partial charge < -0.3 is 10.3 Å². The Labute approximate surface area is 175 Å². The molecule has 0 saturated carbocycles. The Hall–Kier alpha value is -3.47. The Morgan fingerprint density at radius 2 is 1.63 bits per heavy atom. The molecule has 2 N–H and O–H groups in total. The SMILES string of the molecule is Cc1cc(C)c(NC(=O)c2cc3c([nH]c2=O)C[C@@H](c2ccccc2)CC3=O)c(C)c1. The Bertz CT molecular complexity index is 1190. The van der Waals surface area contributed by atoms with Crippen LogP contribution in [0.1, 0.15) is 61.0 Å². The molecule has 1 heterocycles. The number of benzene rings is 2. The third kappa shape index (κ3) is 3.71. The first-order valence-corrected chi connectivity index (χ1v) is 10.1. The smallest absolute Gasteiger partial charge is 0.261 e. The van der Waals surface area contributed by atoms with Crippen LogP contribution in [0.4, 0.5) is 5.69 Å². The van der Waals surface area contributed by atoms with Crippen LogP contribution < -0.4 is 10.9 Å². The Balaban J connectivity index is 1.65. The van der Waals surface area contributed by atoms with Gasteiger partial charge in [-0.3, -0.25) is 14.4 Å². The first kappa shape index (κ1) is 19.8. The van der Waals surface area contributed by atoms with Gasteiger partial charge in [0.05, 0.1) is 0 Å². The number of Topliss-reactive ketones (excluding diaryl/α,β-unsaturated/α-hetero) is 1. The van der Waals surface area contributed by atoms with Crippen LogP contribution in [-0.4, -0.2) is 16.7 Å². The second-order valence-electron chi connectivity index (χ2n) is 8.07. The lowest BCUT2D eigenvalue weighted by atomic mass is 9.81. The fourth-order valence-electron chi connectivity index (χ4n) is 4.32. The van der Waals surface area contributed by atoms with E-state index in [1.807, 2.05) is 63.2 Å². The van der Waals surface area contributed by atoms with Gasteiger partial charge >= 0.3 is 0 Å². The van der Waals surface area contributed by atoms with E-state index < -0.39 is 11.5 Å². The van der Waals surface area contributed by atoms with Gasteiger partial charge in [-0.05, 0) is 55.9 Å². The van der Waals surface area contributed by atoms with Gasteiger partial charge in [0.15, 0.2) is 5.78 Å². The number of aromatic nitrogens is 1. The molecule has 3 aromatic rings. The van der Waals surface area contributed by atoms with Crippen molar-refractivity contribution in [1.82, 2.24) is 4.98 Å². The number of H-pyrrole nitrogens is 1. The quantitative estimate of drug-likeness (QED) is 0.681. The number of anilines is 1. The summed E-state index contributed by atoms with van der Waals surface area (Å²) in [6, 6.07) is 15.2. The minimum atomic E-state index is -0.507. The zero-order valence-corrected chi connectivity index (χ0v) is 17.3. The van der Waals surface area contributed by atoms with Crippen LogP contribution >= 0.6 is 0 Å². The summed E-state index contributed by atoms with van der Waals surface area (Å²) in [5.74, 6) is -0.537. The molecule has 1 atom stereocenters. The van der Waals surface area contributed by atoms with Crippen molar-refractivity contribution in [3.8, 4) is 0 Å². The van der Waals surface area contributed by atoms with Gasteiger partial charge in [0.2, 0.25) is 0 Å². The summed E-state index contributed by atoms with van der Waals surface area (Å²) < 4.78 is 0. The number of carbonyl (C=O) groups excluding carboxylic acids is 2. The average Bonchev–Trinajstić information content (AvgIpc) is 2.70. The molecular formula is C25H24N2O3. The van der Waals surface area contributed by atoms with Crippen molar-refractivity contribution >= 4 is 17.4 Å². The lowest BCUT2D eigenvalue weighted by Gasteiger charge is -2.24. The van der Waals surface area contributed by atoms with E-state index in [-0.39, 0.29) is 17.3 Å². The maximum Gasteiger partial charge on any atom is 0.261 e. The van der Waals surface area contributed by atoms with Crippen molar-refractivity contribution in [2.24, 2.45) is 0 Å². The molecule has 4 rings (SSSR count). The summed E-state index contributed by atoms with van der Waals surface area (Å²) >= 11 is 0. The maximum atomic E-state index is 12.9. The molecule has 1 aromatic heterocycles. The number of pyridine rings is 1. The highest BCUT2D eigenvalue weighted by molar-refractivity contribution is 6.07. The molecule has 0 aliphatic heterocycles. The molecule has 1 amide bonds. The molecule has 30 heavy (non-hydrogen) atoms. The van der Waals surface area contributed by atoms with E-state index in [1.54, 1.807) is 0 Å².